The summed E-state index contributed by atoms with van der Waals surface area (Å²) in [4.78, 5) is 26.4. The molecule has 26 heavy (non-hydrogen) atoms. The molecule has 0 aliphatic rings. The lowest BCUT2D eigenvalue weighted by Crippen LogP contribution is -2.32. The molecule has 2 aromatic rings. The summed E-state index contributed by atoms with van der Waals surface area (Å²) in [5.41, 5.74) is 1.31. The Hall–Kier alpha value is -2.60. The molecule has 140 valence electrons. The van der Waals surface area contributed by atoms with Crippen LogP contribution in [0.15, 0.2) is 47.1 Å². The topological polar surface area (TPSA) is 74.6 Å². The molecular formula is C20H27N3O3. The van der Waals surface area contributed by atoms with Crippen molar-refractivity contribution < 1.29 is 14.0 Å². The predicted molar refractivity (Wildman–Crippen MR) is 102 cm³/mol. The monoisotopic (exact) mass is 357 g/mol. The number of benzene rings is 1. The van der Waals surface area contributed by atoms with E-state index in [1.165, 1.54) is 0 Å². The first-order valence-corrected chi connectivity index (χ1v) is 9.06. The van der Waals surface area contributed by atoms with Crippen LogP contribution in [0.2, 0.25) is 0 Å². The Morgan fingerprint density at radius 1 is 1.04 bits per heavy atom. The average Bonchev–Trinajstić information content (AvgIpc) is 3.15. The molecule has 1 aromatic heterocycles. The van der Waals surface area contributed by atoms with Gasteiger partial charge in [-0.15, -0.1) is 0 Å². The SMILES string of the molecule is CCCN(CCC)C(=O)c1ccc(NC(=O)CNCc2ccco2)cc1. The second-order valence-corrected chi connectivity index (χ2v) is 6.10. The summed E-state index contributed by atoms with van der Waals surface area (Å²) in [6, 6.07) is 10.7. The van der Waals surface area contributed by atoms with E-state index in [4.69, 9.17) is 4.42 Å². The summed E-state index contributed by atoms with van der Waals surface area (Å²) in [7, 11) is 0. The fourth-order valence-corrected chi connectivity index (χ4v) is 2.65. The van der Waals surface area contributed by atoms with E-state index in [9.17, 15) is 9.59 Å². The minimum Gasteiger partial charge on any atom is -0.468 e. The van der Waals surface area contributed by atoms with Crippen LogP contribution in [0.3, 0.4) is 0 Å². The Labute approximate surface area is 154 Å². The van der Waals surface area contributed by atoms with E-state index in [0.717, 1.165) is 31.7 Å². The van der Waals surface area contributed by atoms with Crippen LogP contribution in [0.1, 0.15) is 42.8 Å². The number of anilines is 1. The zero-order valence-corrected chi connectivity index (χ0v) is 15.5. The summed E-state index contributed by atoms with van der Waals surface area (Å²) in [5.74, 6) is 0.672. The Kier molecular flexibility index (Phi) is 7.89. The molecule has 0 saturated heterocycles. The van der Waals surface area contributed by atoms with Gasteiger partial charge in [0, 0.05) is 24.3 Å². The highest BCUT2D eigenvalue weighted by Crippen LogP contribution is 2.12. The molecule has 0 fully saturated rings. The van der Waals surface area contributed by atoms with Gasteiger partial charge in [-0.2, -0.15) is 0 Å². The molecule has 0 unspecified atom stereocenters. The average molecular weight is 357 g/mol. The molecular weight excluding hydrogens is 330 g/mol. The van der Waals surface area contributed by atoms with Gasteiger partial charge in [0.2, 0.25) is 5.91 Å². The van der Waals surface area contributed by atoms with Gasteiger partial charge in [-0.05, 0) is 49.2 Å². The van der Waals surface area contributed by atoms with Crippen molar-refractivity contribution in [2.75, 3.05) is 25.0 Å². The minimum absolute atomic E-state index is 0.0340. The van der Waals surface area contributed by atoms with E-state index in [-0.39, 0.29) is 18.4 Å². The molecule has 6 heteroatoms. The van der Waals surface area contributed by atoms with E-state index < -0.39 is 0 Å². The third-order valence-corrected chi connectivity index (χ3v) is 3.85. The van der Waals surface area contributed by atoms with Crippen molar-refractivity contribution in [2.24, 2.45) is 0 Å². The van der Waals surface area contributed by atoms with Crippen LogP contribution in [0, 0.1) is 0 Å². The standard InChI is InChI=1S/C20H27N3O3/c1-3-11-23(12-4-2)20(25)16-7-9-17(10-8-16)22-19(24)15-21-14-18-6-5-13-26-18/h5-10,13,21H,3-4,11-12,14-15H2,1-2H3,(H,22,24). The van der Waals surface area contributed by atoms with E-state index in [1.807, 2.05) is 17.0 Å². The number of hydrogen-bond acceptors (Lipinski definition) is 4. The number of amides is 2. The van der Waals surface area contributed by atoms with Crippen LogP contribution in [0.25, 0.3) is 0 Å². The lowest BCUT2D eigenvalue weighted by atomic mass is 10.1. The number of nitrogens with zero attached hydrogens (tertiary/aromatic N) is 1. The third kappa shape index (κ3) is 6.04. The van der Waals surface area contributed by atoms with Crippen molar-refractivity contribution in [3.63, 3.8) is 0 Å². The number of carbonyl (C=O) groups excluding carboxylic acids is 2. The Morgan fingerprint density at radius 3 is 2.31 bits per heavy atom. The van der Waals surface area contributed by atoms with Gasteiger partial charge in [0.25, 0.3) is 5.91 Å². The Balaban J connectivity index is 1.83. The number of hydrogen-bond donors (Lipinski definition) is 2. The van der Waals surface area contributed by atoms with Gasteiger partial charge in [0.15, 0.2) is 0 Å². The zero-order valence-electron chi connectivity index (χ0n) is 15.5. The molecule has 0 aliphatic heterocycles. The first kappa shape index (κ1) is 19.7. The fourth-order valence-electron chi connectivity index (χ4n) is 2.65. The van der Waals surface area contributed by atoms with Gasteiger partial charge >= 0.3 is 0 Å². The normalized spacial score (nSPS) is 10.5. The molecule has 0 atom stereocenters. The Bertz CT molecular complexity index is 675. The Morgan fingerprint density at radius 2 is 1.73 bits per heavy atom. The van der Waals surface area contributed by atoms with Gasteiger partial charge < -0.3 is 20.0 Å². The number of furan rings is 1. The molecule has 0 saturated carbocycles. The smallest absolute Gasteiger partial charge is 0.253 e. The summed E-state index contributed by atoms with van der Waals surface area (Å²) < 4.78 is 5.19. The number of carbonyl (C=O) groups is 2. The van der Waals surface area contributed by atoms with Crippen molar-refractivity contribution >= 4 is 17.5 Å². The molecule has 0 bridgehead atoms. The van der Waals surface area contributed by atoms with Crippen LogP contribution in [-0.4, -0.2) is 36.3 Å². The van der Waals surface area contributed by atoms with E-state index in [1.54, 1.807) is 30.5 Å². The molecule has 0 radical (unpaired) electrons. The second kappa shape index (κ2) is 10.4. The second-order valence-electron chi connectivity index (χ2n) is 6.10. The van der Waals surface area contributed by atoms with Gasteiger partial charge in [-0.1, -0.05) is 13.8 Å². The van der Waals surface area contributed by atoms with Crippen molar-refractivity contribution in [1.29, 1.82) is 0 Å². The maximum atomic E-state index is 12.5. The molecule has 2 rings (SSSR count). The molecule has 1 heterocycles. The lowest BCUT2D eigenvalue weighted by molar-refractivity contribution is -0.115. The van der Waals surface area contributed by atoms with Crippen LogP contribution in [0.4, 0.5) is 5.69 Å². The predicted octanol–water partition coefficient (Wildman–Crippen LogP) is 3.27. The summed E-state index contributed by atoms with van der Waals surface area (Å²) >= 11 is 0. The number of nitrogens with one attached hydrogen (secondary N) is 2. The molecule has 0 aliphatic carbocycles. The highest BCUT2D eigenvalue weighted by molar-refractivity contribution is 5.96. The molecule has 6 nitrogen and oxygen atoms in total. The third-order valence-electron chi connectivity index (χ3n) is 3.85. The number of rotatable bonds is 10. The first-order valence-electron chi connectivity index (χ1n) is 9.06. The van der Waals surface area contributed by atoms with Crippen molar-refractivity contribution in [2.45, 2.75) is 33.2 Å². The van der Waals surface area contributed by atoms with Crippen molar-refractivity contribution in [3.05, 3.63) is 54.0 Å². The molecule has 1 aromatic carbocycles. The maximum Gasteiger partial charge on any atom is 0.253 e. The van der Waals surface area contributed by atoms with Crippen LogP contribution < -0.4 is 10.6 Å². The molecule has 2 N–H and O–H groups in total. The quantitative estimate of drug-likeness (QED) is 0.684. The van der Waals surface area contributed by atoms with Crippen molar-refractivity contribution in [1.82, 2.24) is 10.2 Å². The largest absolute Gasteiger partial charge is 0.468 e. The minimum atomic E-state index is -0.144. The van der Waals surface area contributed by atoms with Crippen LogP contribution >= 0.6 is 0 Å². The van der Waals surface area contributed by atoms with E-state index in [2.05, 4.69) is 24.5 Å². The van der Waals surface area contributed by atoms with Crippen molar-refractivity contribution in [3.8, 4) is 0 Å². The molecule has 2 amide bonds. The van der Waals surface area contributed by atoms with Crippen LogP contribution in [0.5, 0.6) is 0 Å². The molecule has 0 spiro atoms. The summed E-state index contributed by atoms with van der Waals surface area (Å²) in [6.07, 6.45) is 3.47. The highest BCUT2D eigenvalue weighted by atomic mass is 16.3. The van der Waals surface area contributed by atoms with E-state index >= 15 is 0 Å². The van der Waals surface area contributed by atoms with Gasteiger partial charge in [0.05, 0.1) is 19.4 Å². The van der Waals surface area contributed by atoms with Gasteiger partial charge in [-0.3, -0.25) is 9.59 Å². The van der Waals surface area contributed by atoms with Crippen LogP contribution in [-0.2, 0) is 11.3 Å². The zero-order chi connectivity index (χ0) is 18.8. The highest BCUT2D eigenvalue weighted by Gasteiger charge is 2.14. The lowest BCUT2D eigenvalue weighted by Gasteiger charge is -2.21. The van der Waals surface area contributed by atoms with E-state index in [0.29, 0.717) is 17.8 Å². The van der Waals surface area contributed by atoms with Gasteiger partial charge in [0.1, 0.15) is 5.76 Å². The summed E-state index contributed by atoms with van der Waals surface area (Å²) in [5, 5.41) is 5.82. The van der Waals surface area contributed by atoms with Gasteiger partial charge in [-0.25, -0.2) is 0 Å². The maximum absolute atomic E-state index is 12.5. The first-order chi connectivity index (χ1) is 12.6. The summed E-state index contributed by atoms with van der Waals surface area (Å²) in [6.45, 7) is 6.32. The fraction of sp³-hybridized carbons (Fsp3) is 0.400.